The SMILES string of the molecule is CCCCCCNCc1ccc(-c2ccc(Br)c(C)c2)o1. The molecule has 0 fully saturated rings. The van der Waals surface area contributed by atoms with Gasteiger partial charge in [-0.3, -0.25) is 0 Å². The molecule has 2 rings (SSSR count). The Balaban J connectivity index is 1.85. The van der Waals surface area contributed by atoms with E-state index in [0.717, 1.165) is 34.6 Å². The number of nitrogens with one attached hydrogen (secondary N) is 1. The van der Waals surface area contributed by atoms with Crippen LogP contribution in [-0.4, -0.2) is 6.54 Å². The second-order valence-corrected chi connectivity index (χ2v) is 6.32. The van der Waals surface area contributed by atoms with Crippen LogP contribution >= 0.6 is 15.9 Å². The molecule has 0 aliphatic heterocycles. The zero-order chi connectivity index (χ0) is 15.1. The average Bonchev–Trinajstić information content (AvgIpc) is 2.94. The van der Waals surface area contributed by atoms with Crippen molar-refractivity contribution in [2.45, 2.75) is 46.1 Å². The lowest BCUT2D eigenvalue weighted by atomic mass is 10.1. The van der Waals surface area contributed by atoms with Crippen molar-refractivity contribution in [1.82, 2.24) is 5.32 Å². The highest BCUT2D eigenvalue weighted by atomic mass is 79.9. The van der Waals surface area contributed by atoms with Crippen LogP contribution in [0.4, 0.5) is 0 Å². The number of hydrogen-bond acceptors (Lipinski definition) is 2. The normalized spacial score (nSPS) is 11.0. The molecule has 21 heavy (non-hydrogen) atoms. The van der Waals surface area contributed by atoms with Crippen LogP contribution < -0.4 is 5.32 Å². The van der Waals surface area contributed by atoms with Crippen LogP contribution in [0, 0.1) is 6.92 Å². The molecule has 0 radical (unpaired) electrons. The van der Waals surface area contributed by atoms with Gasteiger partial charge in [0.2, 0.25) is 0 Å². The van der Waals surface area contributed by atoms with Gasteiger partial charge in [0.25, 0.3) is 0 Å². The summed E-state index contributed by atoms with van der Waals surface area (Å²) in [6.45, 7) is 6.20. The Labute approximate surface area is 136 Å². The van der Waals surface area contributed by atoms with E-state index in [0.29, 0.717) is 0 Å². The van der Waals surface area contributed by atoms with Gasteiger partial charge < -0.3 is 9.73 Å². The highest BCUT2D eigenvalue weighted by Crippen LogP contribution is 2.26. The van der Waals surface area contributed by atoms with Crippen molar-refractivity contribution in [2.75, 3.05) is 6.54 Å². The van der Waals surface area contributed by atoms with Crippen LogP contribution in [0.2, 0.25) is 0 Å². The summed E-state index contributed by atoms with van der Waals surface area (Å²) >= 11 is 3.53. The first-order valence-corrected chi connectivity index (χ1v) is 8.56. The van der Waals surface area contributed by atoms with Crippen molar-refractivity contribution in [1.29, 1.82) is 0 Å². The maximum Gasteiger partial charge on any atom is 0.134 e. The van der Waals surface area contributed by atoms with Gasteiger partial charge in [0, 0.05) is 10.0 Å². The van der Waals surface area contributed by atoms with Gasteiger partial charge in [0.1, 0.15) is 11.5 Å². The van der Waals surface area contributed by atoms with E-state index in [4.69, 9.17) is 4.42 Å². The lowest BCUT2D eigenvalue weighted by molar-refractivity contribution is 0.487. The Morgan fingerprint density at radius 2 is 1.95 bits per heavy atom. The first-order valence-electron chi connectivity index (χ1n) is 7.76. The largest absolute Gasteiger partial charge is 0.460 e. The Morgan fingerprint density at radius 1 is 1.10 bits per heavy atom. The van der Waals surface area contributed by atoms with Crippen molar-refractivity contribution in [3.63, 3.8) is 0 Å². The molecule has 0 unspecified atom stereocenters. The summed E-state index contributed by atoms with van der Waals surface area (Å²) in [4.78, 5) is 0. The van der Waals surface area contributed by atoms with Crippen molar-refractivity contribution < 1.29 is 4.42 Å². The van der Waals surface area contributed by atoms with Crippen LogP contribution in [0.3, 0.4) is 0 Å². The Kier molecular flexibility index (Phi) is 6.52. The molecule has 0 bridgehead atoms. The quantitative estimate of drug-likeness (QED) is 0.619. The zero-order valence-corrected chi connectivity index (χ0v) is 14.5. The number of benzene rings is 1. The average molecular weight is 350 g/mol. The first-order chi connectivity index (χ1) is 10.2. The number of hydrogen-bond donors (Lipinski definition) is 1. The summed E-state index contributed by atoms with van der Waals surface area (Å²) in [6.07, 6.45) is 5.17. The van der Waals surface area contributed by atoms with Crippen molar-refractivity contribution in [2.24, 2.45) is 0 Å². The topological polar surface area (TPSA) is 25.2 Å². The summed E-state index contributed by atoms with van der Waals surface area (Å²) in [6, 6.07) is 10.4. The second kappa shape index (κ2) is 8.40. The third-order valence-electron chi connectivity index (χ3n) is 3.61. The minimum absolute atomic E-state index is 0.807. The van der Waals surface area contributed by atoms with Gasteiger partial charge in [-0.15, -0.1) is 0 Å². The molecular weight excluding hydrogens is 326 g/mol. The van der Waals surface area contributed by atoms with Gasteiger partial charge in [0.15, 0.2) is 0 Å². The van der Waals surface area contributed by atoms with Gasteiger partial charge in [-0.05, 0) is 49.7 Å². The van der Waals surface area contributed by atoms with E-state index >= 15 is 0 Å². The van der Waals surface area contributed by atoms with Gasteiger partial charge in [-0.1, -0.05) is 48.2 Å². The van der Waals surface area contributed by atoms with E-state index in [2.05, 4.69) is 65.4 Å². The summed E-state index contributed by atoms with van der Waals surface area (Å²) < 4.78 is 7.05. The van der Waals surface area contributed by atoms with E-state index in [9.17, 15) is 0 Å². The van der Waals surface area contributed by atoms with Crippen LogP contribution in [0.5, 0.6) is 0 Å². The molecule has 1 heterocycles. The molecule has 0 saturated carbocycles. The minimum atomic E-state index is 0.807. The van der Waals surface area contributed by atoms with Gasteiger partial charge in [-0.2, -0.15) is 0 Å². The maximum atomic E-state index is 5.91. The molecule has 1 N–H and O–H groups in total. The maximum absolute atomic E-state index is 5.91. The zero-order valence-electron chi connectivity index (χ0n) is 12.9. The van der Waals surface area contributed by atoms with E-state index < -0.39 is 0 Å². The standard InChI is InChI=1S/C18H24BrNO/c1-3-4-5-6-11-20-13-16-8-10-18(21-16)15-7-9-17(19)14(2)12-15/h7-10,12,20H,3-6,11,13H2,1-2H3. The molecule has 0 saturated heterocycles. The molecule has 0 aliphatic rings. The first kappa shape index (κ1) is 16.3. The fourth-order valence-electron chi connectivity index (χ4n) is 2.31. The molecule has 0 atom stereocenters. The van der Waals surface area contributed by atoms with Gasteiger partial charge >= 0.3 is 0 Å². The number of furan rings is 1. The number of halogens is 1. The minimum Gasteiger partial charge on any atom is -0.460 e. The molecule has 1 aromatic heterocycles. The van der Waals surface area contributed by atoms with Crippen molar-refractivity contribution >= 4 is 15.9 Å². The molecule has 0 spiro atoms. The van der Waals surface area contributed by atoms with Crippen molar-refractivity contribution in [3.05, 3.63) is 46.1 Å². The monoisotopic (exact) mass is 349 g/mol. The van der Waals surface area contributed by atoms with E-state index in [1.165, 1.54) is 31.2 Å². The molecule has 1 aromatic carbocycles. The Bertz CT molecular complexity index is 562. The molecule has 0 aliphatic carbocycles. The third-order valence-corrected chi connectivity index (χ3v) is 4.50. The lowest BCUT2D eigenvalue weighted by Gasteiger charge is -2.03. The Hall–Kier alpha value is -1.06. The predicted octanol–water partition coefficient (Wildman–Crippen LogP) is 5.69. The summed E-state index contributed by atoms with van der Waals surface area (Å²) in [5.74, 6) is 1.94. The molecule has 0 amide bonds. The Morgan fingerprint density at radius 3 is 2.71 bits per heavy atom. The lowest BCUT2D eigenvalue weighted by Crippen LogP contribution is -2.14. The molecule has 2 nitrogen and oxygen atoms in total. The smallest absolute Gasteiger partial charge is 0.134 e. The van der Waals surface area contributed by atoms with Gasteiger partial charge in [-0.25, -0.2) is 0 Å². The molecule has 3 heteroatoms. The number of aryl methyl sites for hydroxylation is 1. The number of rotatable bonds is 8. The fraction of sp³-hybridized carbons (Fsp3) is 0.444. The van der Waals surface area contributed by atoms with E-state index in [-0.39, 0.29) is 0 Å². The van der Waals surface area contributed by atoms with E-state index in [1.807, 2.05) is 0 Å². The highest BCUT2D eigenvalue weighted by Gasteiger charge is 2.06. The van der Waals surface area contributed by atoms with Crippen LogP contribution in [0.25, 0.3) is 11.3 Å². The van der Waals surface area contributed by atoms with Crippen LogP contribution in [0.1, 0.15) is 43.9 Å². The summed E-state index contributed by atoms with van der Waals surface area (Å²) in [5.41, 5.74) is 2.35. The molecule has 2 aromatic rings. The second-order valence-electron chi connectivity index (χ2n) is 5.47. The molecular formula is C18H24BrNO. The summed E-state index contributed by atoms with van der Waals surface area (Å²) in [5, 5.41) is 3.44. The van der Waals surface area contributed by atoms with E-state index in [1.54, 1.807) is 0 Å². The van der Waals surface area contributed by atoms with Gasteiger partial charge in [0.05, 0.1) is 6.54 Å². The number of unbranched alkanes of at least 4 members (excludes halogenated alkanes) is 3. The molecule has 114 valence electrons. The fourth-order valence-corrected chi connectivity index (χ4v) is 2.56. The van der Waals surface area contributed by atoms with Crippen LogP contribution in [0.15, 0.2) is 39.2 Å². The highest BCUT2D eigenvalue weighted by molar-refractivity contribution is 9.10. The third kappa shape index (κ3) is 5.01. The summed E-state index contributed by atoms with van der Waals surface area (Å²) in [7, 11) is 0. The van der Waals surface area contributed by atoms with Crippen molar-refractivity contribution in [3.8, 4) is 11.3 Å². The van der Waals surface area contributed by atoms with Crippen LogP contribution in [-0.2, 0) is 6.54 Å². The predicted molar refractivity (Wildman–Crippen MR) is 92.4 cm³/mol.